The lowest BCUT2D eigenvalue weighted by Crippen LogP contribution is -2.41. The van der Waals surface area contributed by atoms with E-state index in [1.165, 1.54) is 12.1 Å². The number of hydrogen-bond acceptors (Lipinski definition) is 5. The maximum Gasteiger partial charge on any atom is 0.573 e. The Morgan fingerprint density at radius 2 is 1.56 bits per heavy atom. The Kier molecular flexibility index (Phi) is 4.94. The van der Waals surface area contributed by atoms with Crippen LogP contribution in [-0.2, 0) is 15.7 Å². The van der Waals surface area contributed by atoms with Crippen LogP contribution >= 0.6 is 0 Å². The molecule has 0 saturated carbocycles. The molecule has 0 radical (unpaired) electrons. The van der Waals surface area contributed by atoms with Gasteiger partial charge in [-0.25, -0.2) is 9.97 Å². The second kappa shape index (κ2) is 6.80. The standard InChI is InChI=1S/C18H20BF3N2O3/c1-16(2)17(3,4)27-19(26-16)13-10-23-15(24-11-13)9-12-7-5-6-8-14(12)25-18(20,21)22/h5-8,10-11H,9H2,1-4H3. The van der Waals surface area contributed by atoms with E-state index in [9.17, 15) is 13.2 Å². The first-order chi connectivity index (χ1) is 12.5. The SMILES string of the molecule is CC1(C)OB(c2cnc(Cc3ccccc3OC(F)(F)F)nc2)OC1(C)C. The molecule has 0 spiro atoms. The van der Waals surface area contributed by atoms with Gasteiger partial charge >= 0.3 is 13.5 Å². The van der Waals surface area contributed by atoms with Crippen molar-refractivity contribution in [1.29, 1.82) is 0 Å². The highest BCUT2D eigenvalue weighted by atomic mass is 19.4. The molecule has 1 fully saturated rings. The fraction of sp³-hybridized carbons (Fsp3) is 0.444. The first kappa shape index (κ1) is 19.6. The quantitative estimate of drug-likeness (QED) is 0.763. The van der Waals surface area contributed by atoms with Crippen LogP contribution in [0.4, 0.5) is 13.2 Å². The van der Waals surface area contributed by atoms with Crippen molar-refractivity contribution < 1.29 is 27.2 Å². The number of benzene rings is 1. The van der Waals surface area contributed by atoms with Gasteiger partial charge in [0.1, 0.15) is 11.6 Å². The van der Waals surface area contributed by atoms with E-state index in [1.807, 2.05) is 27.7 Å². The van der Waals surface area contributed by atoms with Crippen LogP contribution in [0.15, 0.2) is 36.7 Å². The van der Waals surface area contributed by atoms with Gasteiger partial charge in [0.05, 0.1) is 11.2 Å². The Labute approximate surface area is 156 Å². The first-order valence-corrected chi connectivity index (χ1v) is 8.47. The normalized spacial score (nSPS) is 18.6. The van der Waals surface area contributed by atoms with Crippen LogP contribution < -0.4 is 10.2 Å². The molecule has 2 aromatic rings. The minimum absolute atomic E-state index is 0.107. The zero-order chi connectivity index (χ0) is 19.9. The molecular formula is C18H20BF3N2O3. The number of hydrogen-bond donors (Lipinski definition) is 0. The highest BCUT2D eigenvalue weighted by Crippen LogP contribution is 2.36. The van der Waals surface area contributed by atoms with E-state index in [1.54, 1.807) is 24.5 Å². The Balaban J connectivity index is 1.75. The van der Waals surface area contributed by atoms with Gasteiger partial charge in [-0.05, 0) is 33.8 Å². The van der Waals surface area contributed by atoms with E-state index in [2.05, 4.69) is 14.7 Å². The maximum absolute atomic E-state index is 12.5. The van der Waals surface area contributed by atoms with Gasteiger partial charge in [-0.3, -0.25) is 0 Å². The molecule has 0 unspecified atom stereocenters. The molecule has 144 valence electrons. The van der Waals surface area contributed by atoms with E-state index in [-0.39, 0.29) is 12.2 Å². The number of nitrogens with zero attached hydrogens (tertiary/aromatic N) is 2. The molecule has 27 heavy (non-hydrogen) atoms. The molecule has 3 rings (SSSR count). The number of para-hydroxylation sites is 1. The summed E-state index contributed by atoms with van der Waals surface area (Å²) in [6.07, 6.45) is -1.51. The zero-order valence-electron chi connectivity index (χ0n) is 15.5. The van der Waals surface area contributed by atoms with Gasteiger partial charge in [-0.2, -0.15) is 0 Å². The van der Waals surface area contributed by atoms with E-state index in [4.69, 9.17) is 9.31 Å². The van der Waals surface area contributed by atoms with E-state index < -0.39 is 24.7 Å². The third kappa shape index (κ3) is 4.41. The van der Waals surface area contributed by atoms with Crippen LogP contribution in [0, 0.1) is 0 Å². The molecule has 1 aliphatic heterocycles. The monoisotopic (exact) mass is 380 g/mol. The van der Waals surface area contributed by atoms with Gasteiger partial charge in [0.15, 0.2) is 0 Å². The van der Waals surface area contributed by atoms with Gasteiger partial charge in [-0.1, -0.05) is 18.2 Å². The predicted octanol–water partition coefficient (Wildman–Crippen LogP) is 3.27. The maximum atomic E-state index is 12.5. The van der Waals surface area contributed by atoms with Gasteiger partial charge in [0.2, 0.25) is 0 Å². The average molecular weight is 380 g/mol. The molecule has 9 heteroatoms. The summed E-state index contributed by atoms with van der Waals surface area (Å²) in [5, 5.41) is 0. The molecule has 0 amide bonds. The van der Waals surface area contributed by atoms with Crippen molar-refractivity contribution in [1.82, 2.24) is 9.97 Å². The number of alkyl halides is 3. The second-order valence-electron chi connectivity index (χ2n) is 7.35. The molecule has 0 aliphatic carbocycles. The van der Waals surface area contributed by atoms with Crippen LogP contribution in [0.3, 0.4) is 0 Å². The summed E-state index contributed by atoms with van der Waals surface area (Å²) in [6.45, 7) is 7.78. The van der Waals surface area contributed by atoms with Crippen LogP contribution in [0.1, 0.15) is 39.1 Å². The van der Waals surface area contributed by atoms with Crippen molar-refractivity contribution in [3.63, 3.8) is 0 Å². The second-order valence-corrected chi connectivity index (χ2v) is 7.35. The summed E-state index contributed by atoms with van der Waals surface area (Å²) in [5.74, 6) is 0.108. The number of rotatable bonds is 4. The summed E-state index contributed by atoms with van der Waals surface area (Å²) in [5.41, 5.74) is 0.0319. The number of ether oxygens (including phenoxy) is 1. The summed E-state index contributed by atoms with van der Waals surface area (Å²) < 4.78 is 53.5. The van der Waals surface area contributed by atoms with Crippen molar-refractivity contribution >= 4 is 12.6 Å². The van der Waals surface area contributed by atoms with Crippen molar-refractivity contribution in [3.05, 3.63) is 48.0 Å². The summed E-state index contributed by atoms with van der Waals surface area (Å²) in [4.78, 5) is 8.49. The average Bonchev–Trinajstić information content (AvgIpc) is 2.77. The Morgan fingerprint density at radius 1 is 1.00 bits per heavy atom. The largest absolute Gasteiger partial charge is 0.573 e. The lowest BCUT2D eigenvalue weighted by atomic mass is 9.81. The molecular weight excluding hydrogens is 360 g/mol. The highest BCUT2D eigenvalue weighted by Gasteiger charge is 2.51. The van der Waals surface area contributed by atoms with Gasteiger partial charge < -0.3 is 14.0 Å². The fourth-order valence-corrected chi connectivity index (χ4v) is 2.60. The molecule has 2 heterocycles. The molecule has 1 aromatic heterocycles. The molecule has 0 bridgehead atoms. The fourth-order valence-electron chi connectivity index (χ4n) is 2.60. The van der Waals surface area contributed by atoms with E-state index >= 15 is 0 Å². The smallest absolute Gasteiger partial charge is 0.405 e. The van der Waals surface area contributed by atoms with E-state index in [0.717, 1.165) is 0 Å². The molecule has 1 aromatic carbocycles. The Bertz CT molecular complexity index is 794. The molecule has 1 saturated heterocycles. The Hall–Kier alpha value is -2.13. The third-order valence-electron chi connectivity index (χ3n) is 4.80. The molecule has 0 atom stereocenters. The van der Waals surface area contributed by atoms with Crippen molar-refractivity contribution in [3.8, 4) is 5.75 Å². The van der Waals surface area contributed by atoms with Gasteiger partial charge in [0.25, 0.3) is 0 Å². The first-order valence-electron chi connectivity index (χ1n) is 8.47. The third-order valence-corrected chi connectivity index (χ3v) is 4.80. The van der Waals surface area contributed by atoms with E-state index in [0.29, 0.717) is 16.9 Å². The van der Waals surface area contributed by atoms with Gasteiger partial charge in [0, 0.05) is 29.8 Å². The van der Waals surface area contributed by atoms with Gasteiger partial charge in [-0.15, -0.1) is 13.2 Å². The highest BCUT2D eigenvalue weighted by molar-refractivity contribution is 6.61. The summed E-state index contributed by atoms with van der Waals surface area (Å²) in [6, 6.07) is 5.93. The van der Waals surface area contributed by atoms with Crippen LogP contribution in [-0.4, -0.2) is 34.7 Å². The Morgan fingerprint density at radius 3 is 2.11 bits per heavy atom. The van der Waals surface area contributed by atoms with Crippen LogP contribution in [0.25, 0.3) is 0 Å². The van der Waals surface area contributed by atoms with Crippen LogP contribution in [0.5, 0.6) is 5.75 Å². The minimum atomic E-state index is -4.75. The predicted molar refractivity (Wildman–Crippen MR) is 93.7 cm³/mol. The van der Waals surface area contributed by atoms with Crippen molar-refractivity contribution in [2.24, 2.45) is 0 Å². The zero-order valence-corrected chi connectivity index (χ0v) is 15.5. The lowest BCUT2D eigenvalue weighted by Gasteiger charge is -2.32. The molecule has 0 N–H and O–H groups in total. The molecule has 1 aliphatic rings. The molecule has 5 nitrogen and oxygen atoms in total. The van der Waals surface area contributed by atoms with Crippen molar-refractivity contribution in [2.45, 2.75) is 51.7 Å². The lowest BCUT2D eigenvalue weighted by molar-refractivity contribution is -0.274. The summed E-state index contributed by atoms with van der Waals surface area (Å²) >= 11 is 0. The minimum Gasteiger partial charge on any atom is -0.405 e. The van der Waals surface area contributed by atoms with Crippen LogP contribution in [0.2, 0.25) is 0 Å². The number of aromatic nitrogens is 2. The summed E-state index contributed by atoms with van der Waals surface area (Å²) in [7, 11) is -0.593. The topological polar surface area (TPSA) is 53.5 Å². The number of halogens is 3. The van der Waals surface area contributed by atoms with Crippen molar-refractivity contribution in [2.75, 3.05) is 0 Å².